The zero-order chi connectivity index (χ0) is 19.6. The van der Waals surface area contributed by atoms with E-state index in [1.807, 2.05) is 0 Å². The van der Waals surface area contributed by atoms with Crippen LogP contribution in [-0.4, -0.2) is 24.4 Å². The summed E-state index contributed by atoms with van der Waals surface area (Å²) in [4.78, 5) is 22.0. The molecule has 0 unspecified atom stereocenters. The predicted molar refractivity (Wildman–Crippen MR) is 105 cm³/mol. The van der Waals surface area contributed by atoms with E-state index in [-0.39, 0.29) is 12.2 Å². The quantitative estimate of drug-likeness (QED) is 0.554. The van der Waals surface area contributed by atoms with E-state index < -0.39 is 12.2 Å². The van der Waals surface area contributed by atoms with Crippen LogP contribution in [0.1, 0.15) is 90.4 Å². The molecule has 0 aromatic heterocycles. The van der Waals surface area contributed by atoms with E-state index in [9.17, 15) is 9.59 Å². The van der Waals surface area contributed by atoms with Crippen molar-refractivity contribution in [2.75, 3.05) is 0 Å². The van der Waals surface area contributed by atoms with Crippen molar-refractivity contribution >= 4 is 12.2 Å². The second-order valence-electron chi connectivity index (χ2n) is 8.46. The standard InChI is InChI=1S/C21H38N2O4/c1-2-3-4-5-6-19(15-7-11-17(12-8-15)26-20(22)24)16-9-13-18(14-10-16)27-21(23)25/h15-19H,2-14H2,1H3,(H2,22,24)(H2,23,25). The highest BCUT2D eigenvalue weighted by atomic mass is 16.6. The minimum absolute atomic E-state index is 0.000746. The SMILES string of the molecule is CCCCCCC(C1CCC(OC(N)=O)CC1)C1CCC(OC(N)=O)CC1. The molecule has 0 aromatic rings. The van der Waals surface area contributed by atoms with Crippen LogP contribution in [0.4, 0.5) is 9.59 Å². The number of nitrogens with two attached hydrogens (primary N) is 2. The van der Waals surface area contributed by atoms with Gasteiger partial charge in [-0.25, -0.2) is 9.59 Å². The molecular formula is C21H38N2O4. The van der Waals surface area contributed by atoms with E-state index in [4.69, 9.17) is 20.9 Å². The number of unbranched alkanes of at least 4 members (excludes halogenated alkanes) is 3. The zero-order valence-electron chi connectivity index (χ0n) is 16.9. The molecule has 2 rings (SSSR count). The Morgan fingerprint density at radius 2 is 1.22 bits per heavy atom. The average Bonchev–Trinajstić information content (AvgIpc) is 2.63. The van der Waals surface area contributed by atoms with E-state index >= 15 is 0 Å². The zero-order valence-corrected chi connectivity index (χ0v) is 16.9. The smallest absolute Gasteiger partial charge is 0.404 e. The van der Waals surface area contributed by atoms with Gasteiger partial charge in [0.05, 0.1) is 0 Å². The third kappa shape index (κ3) is 7.59. The van der Waals surface area contributed by atoms with Crippen LogP contribution >= 0.6 is 0 Å². The number of hydrogen-bond donors (Lipinski definition) is 2. The predicted octanol–water partition coefficient (Wildman–Crippen LogP) is 4.88. The summed E-state index contributed by atoms with van der Waals surface area (Å²) in [7, 11) is 0. The first-order chi connectivity index (χ1) is 13.0. The number of hydrogen-bond acceptors (Lipinski definition) is 4. The normalized spacial score (nSPS) is 29.7. The van der Waals surface area contributed by atoms with Gasteiger partial charge in [0.15, 0.2) is 0 Å². The Kier molecular flexibility index (Phi) is 9.22. The topological polar surface area (TPSA) is 105 Å². The highest BCUT2D eigenvalue weighted by molar-refractivity contribution is 5.65. The summed E-state index contributed by atoms with van der Waals surface area (Å²) in [6.45, 7) is 2.25. The van der Waals surface area contributed by atoms with Crippen molar-refractivity contribution in [3.63, 3.8) is 0 Å². The fourth-order valence-electron chi connectivity index (χ4n) is 5.26. The van der Waals surface area contributed by atoms with Crippen molar-refractivity contribution in [1.29, 1.82) is 0 Å². The van der Waals surface area contributed by atoms with Gasteiger partial charge in [0, 0.05) is 0 Å². The largest absolute Gasteiger partial charge is 0.446 e. The van der Waals surface area contributed by atoms with Crippen molar-refractivity contribution < 1.29 is 19.1 Å². The Morgan fingerprint density at radius 1 is 0.778 bits per heavy atom. The Bertz CT molecular complexity index is 419. The molecule has 0 saturated heterocycles. The second-order valence-corrected chi connectivity index (χ2v) is 8.46. The number of carbonyl (C=O) groups is 2. The molecule has 0 radical (unpaired) electrons. The molecule has 0 atom stereocenters. The first kappa shape index (κ1) is 21.8. The maximum atomic E-state index is 11.0. The molecule has 27 heavy (non-hydrogen) atoms. The molecule has 0 heterocycles. The van der Waals surface area contributed by atoms with Crippen LogP contribution in [-0.2, 0) is 9.47 Å². The van der Waals surface area contributed by atoms with Crippen molar-refractivity contribution in [3.05, 3.63) is 0 Å². The van der Waals surface area contributed by atoms with Gasteiger partial charge in [0.25, 0.3) is 0 Å². The monoisotopic (exact) mass is 382 g/mol. The first-order valence-corrected chi connectivity index (χ1v) is 10.9. The van der Waals surface area contributed by atoms with Gasteiger partial charge in [0.1, 0.15) is 12.2 Å². The van der Waals surface area contributed by atoms with E-state index in [0.717, 1.165) is 57.3 Å². The van der Waals surface area contributed by atoms with Gasteiger partial charge in [-0.3, -0.25) is 0 Å². The van der Waals surface area contributed by atoms with Gasteiger partial charge >= 0.3 is 12.2 Å². The minimum atomic E-state index is -0.651. The lowest BCUT2D eigenvalue weighted by Gasteiger charge is -2.40. The molecule has 2 amide bonds. The highest BCUT2D eigenvalue weighted by Crippen LogP contribution is 2.43. The van der Waals surface area contributed by atoms with E-state index in [1.54, 1.807) is 0 Å². The number of amides is 2. The Labute approximate surface area is 163 Å². The first-order valence-electron chi connectivity index (χ1n) is 10.9. The molecule has 6 heteroatoms. The Balaban J connectivity index is 1.87. The van der Waals surface area contributed by atoms with Crippen molar-refractivity contribution in [1.82, 2.24) is 0 Å². The molecule has 0 bridgehead atoms. The van der Waals surface area contributed by atoms with Crippen LogP contribution in [0.15, 0.2) is 0 Å². The average molecular weight is 383 g/mol. The summed E-state index contributed by atoms with van der Waals surface area (Å²) in [6.07, 6.45) is 13.4. The highest BCUT2D eigenvalue weighted by Gasteiger charge is 2.35. The molecule has 156 valence electrons. The lowest BCUT2D eigenvalue weighted by atomic mass is 9.67. The third-order valence-corrected chi connectivity index (χ3v) is 6.61. The lowest BCUT2D eigenvalue weighted by Crippen LogP contribution is -2.35. The molecule has 2 aliphatic rings. The summed E-state index contributed by atoms with van der Waals surface area (Å²) in [5.74, 6) is 2.14. The van der Waals surface area contributed by atoms with Crippen LogP contribution in [0.2, 0.25) is 0 Å². The fraction of sp³-hybridized carbons (Fsp3) is 0.905. The molecule has 0 spiro atoms. The van der Waals surface area contributed by atoms with E-state index in [1.165, 1.54) is 32.1 Å². The third-order valence-electron chi connectivity index (χ3n) is 6.61. The fourth-order valence-corrected chi connectivity index (χ4v) is 5.26. The van der Waals surface area contributed by atoms with Gasteiger partial charge in [-0.05, 0) is 75.5 Å². The van der Waals surface area contributed by atoms with Crippen molar-refractivity contribution in [3.8, 4) is 0 Å². The van der Waals surface area contributed by atoms with Crippen molar-refractivity contribution in [2.45, 2.75) is 103 Å². The minimum Gasteiger partial charge on any atom is -0.446 e. The van der Waals surface area contributed by atoms with Crippen LogP contribution in [0, 0.1) is 17.8 Å². The number of carbonyl (C=O) groups excluding carboxylic acids is 2. The van der Waals surface area contributed by atoms with E-state index in [2.05, 4.69) is 6.92 Å². The maximum Gasteiger partial charge on any atom is 0.404 e. The lowest BCUT2D eigenvalue weighted by molar-refractivity contribution is 0.0282. The van der Waals surface area contributed by atoms with Gasteiger partial charge in [-0.1, -0.05) is 32.6 Å². The summed E-state index contributed by atoms with van der Waals surface area (Å²) >= 11 is 0. The Morgan fingerprint density at radius 3 is 1.59 bits per heavy atom. The summed E-state index contributed by atoms with van der Waals surface area (Å²) in [6, 6.07) is 0. The van der Waals surface area contributed by atoms with Gasteiger partial charge in [-0.15, -0.1) is 0 Å². The maximum absolute atomic E-state index is 11.0. The van der Waals surface area contributed by atoms with Crippen LogP contribution in [0.3, 0.4) is 0 Å². The molecule has 6 nitrogen and oxygen atoms in total. The second kappa shape index (κ2) is 11.4. The molecule has 2 saturated carbocycles. The molecule has 0 aliphatic heterocycles. The summed E-state index contributed by atoms with van der Waals surface area (Å²) in [5.41, 5.74) is 10.3. The van der Waals surface area contributed by atoms with Crippen LogP contribution < -0.4 is 11.5 Å². The van der Waals surface area contributed by atoms with Gasteiger partial charge < -0.3 is 20.9 Å². The molecular weight excluding hydrogens is 344 g/mol. The van der Waals surface area contributed by atoms with Gasteiger partial charge in [-0.2, -0.15) is 0 Å². The Hall–Kier alpha value is -1.46. The van der Waals surface area contributed by atoms with Crippen LogP contribution in [0.5, 0.6) is 0 Å². The molecule has 4 N–H and O–H groups in total. The molecule has 2 fully saturated rings. The van der Waals surface area contributed by atoms with E-state index in [0.29, 0.717) is 11.8 Å². The molecule has 0 aromatic carbocycles. The summed E-state index contributed by atoms with van der Waals surface area (Å²) in [5, 5.41) is 0. The number of rotatable bonds is 9. The number of ether oxygens (including phenoxy) is 2. The van der Waals surface area contributed by atoms with Gasteiger partial charge in [0.2, 0.25) is 0 Å². The van der Waals surface area contributed by atoms with Crippen LogP contribution in [0.25, 0.3) is 0 Å². The number of primary amides is 2. The molecule has 2 aliphatic carbocycles. The van der Waals surface area contributed by atoms with Crippen molar-refractivity contribution in [2.24, 2.45) is 29.2 Å². The summed E-state index contributed by atoms with van der Waals surface area (Å²) < 4.78 is 10.4.